The summed E-state index contributed by atoms with van der Waals surface area (Å²) in [4.78, 5) is 0. The van der Waals surface area contributed by atoms with Gasteiger partial charge in [0.1, 0.15) is 0 Å². The zero-order chi connectivity index (χ0) is 15.2. The van der Waals surface area contributed by atoms with Gasteiger partial charge in [-0.2, -0.15) is 0 Å². The van der Waals surface area contributed by atoms with E-state index in [0.717, 1.165) is 19.4 Å². The summed E-state index contributed by atoms with van der Waals surface area (Å²) in [5.41, 5.74) is 0. The Kier molecular flexibility index (Phi) is 13.6. The van der Waals surface area contributed by atoms with E-state index in [1.165, 1.54) is 0 Å². The van der Waals surface area contributed by atoms with Crippen molar-refractivity contribution in [2.75, 3.05) is 46.6 Å². The molecule has 0 aromatic heterocycles. The quantitative estimate of drug-likeness (QED) is 0.474. The SMILES string of the molecule is COCCOCCCNCC(O)COC(C)CC(C)C. The summed E-state index contributed by atoms with van der Waals surface area (Å²) in [7, 11) is 1.66. The van der Waals surface area contributed by atoms with Gasteiger partial charge in [0.25, 0.3) is 0 Å². The van der Waals surface area contributed by atoms with E-state index in [2.05, 4.69) is 26.1 Å². The molecule has 0 amide bonds. The molecule has 0 aliphatic carbocycles. The van der Waals surface area contributed by atoms with Gasteiger partial charge in [0.2, 0.25) is 0 Å². The fourth-order valence-corrected chi connectivity index (χ4v) is 1.88. The van der Waals surface area contributed by atoms with Gasteiger partial charge in [-0.25, -0.2) is 0 Å². The molecule has 0 radical (unpaired) electrons. The van der Waals surface area contributed by atoms with Crippen molar-refractivity contribution in [3.05, 3.63) is 0 Å². The van der Waals surface area contributed by atoms with Crippen LogP contribution in [0.15, 0.2) is 0 Å². The largest absolute Gasteiger partial charge is 0.389 e. The van der Waals surface area contributed by atoms with Gasteiger partial charge >= 0.3 is 0 Å². The van der Waals surface area contributed by atoms with Crippen molar-refractivity contribution in [2.45, 2.75) is 45.8 Å². The van der Waals surface area contributed by atoms with Crippen LogP contribution in [0, 0.1) is 5.92 Å². The first-order chi connectivity index (χ1) is 9.56. The van der Waals surface area contributed by atoms with E-state index in [1.807, 2.05) is 0 Å². The van der Waals surface area contributed by atoms with Gasteiger partial charge in [-0.05, 0) is 32.2 Å². The average molecular weight is 291 g/mol. The number of methoxy groups -OCH3 is 1. The molecule has 0 bridgehead atoms. The molecule has 0 aromatic rings. The van der Waals surface area contributed by atoms with E-state index in [4.69, 9.17) is 14.2 Å². The third-order valence-corrected chi connectivity index (χ3v) is 2.83. The molecule has 0 spiro atoms. The van der Waals surface area contributed by atoms with Gasteiger partial charge in [0.15, 0.2) is 0 Å². The van der Waals surface area contributed by atoms with E-state index in [0.29, 0.717) is 38.9 Å². The van der Waals surface area contributed by atoms with Gasteiger partial charge in [-0.3, -0.25) is 0 Å². The Morgan fingerprint density at radius 3 is 2.50 bits per heavy atom. The molecule has 0 fully saturated rings. The van der Waals surface area contributed by atoms with Crippen molar-refractivity contribution in [1.82, 2.24) is 5.32 Å². The van der Waals surface area contributed by atoms with E-state index in [1.54, 1.807) is 7.11 Å². The van der Waals surface area contributed by atoms with Crippen molar-refractivity contribution in [3.63, 3.8) is 0 Å². The lowest BCUT2D eigenvalue weighted by Crippen LogP contribution is -2.32. The average Bonchev–Trinajstić information content (AvgIpc) is 2.38. The van der Waals surface area contributed by atoms with Crippen LogP contribution in [0.1, 0.15) is 33.6 Å². The zero-order valence-corrected chi connectivity index (χ0v) is 13.6. The summed E-state index contributed by atoms with van der Waals surface area (Å²) in [6.07, 6.45) is 1.72. The summed E-state index contributed by atoms with van der Waals surface area (Å²) in [5.74, 6) is 0.623. The lowest BCUT2D eigenvalue weighted by Gasteiger charge is -2.18. The normalized spacial score (nSPS) is 14.7. The highest BCUT2D eigenvalue weighted by atomic mass is 16.5. The zero-order valence-electron chi connectivity index (χ0n) is 13.6. The summed E-state index contributed by atoms with van der Waals surface area (Å²) < 4.78 is 15.8. The summed E-state index contributed by atoms with van der Waals surface area (Å²) >= 11 is 0. The van der Waals surface area contributed by atoms with Crippen molar-refractivity contribution < 1.29 is 19.3 Å². The van der Waals surface area contributed by atoms with Crippen LogP contribution in [0.2, 0.25) is 0 Å². The molecule has 0 saturated heterocycles. The van der Waals surface area contributed by atoms with Crippen LogP contribution >= 0.6 is 0 Å². The second-order valence-corrected chi connectivity index (χ2v) is 5.59. The molecular formula is C15H33NO4. The highest BCUT2D eigenvalue weighted by molar-refractivity contribution is 4.61. The van der Waals surface area contributed by atoms with Crippen LogP contribution in [0.25, 0.3) is 0 Å². The van der Waals surface area contributed by atoms with Gasteiger partial charge in [-0.1, -0.05) is 13.8 Å². The number of hydrogen-bond donors (Lipinski definition) is 2. The van der Waals surface area contributed by atoms with Crippen molar-refractivity contribution >= 4 is 0 Å². The Morgan fingerprint density at radius 2 is 1.85 bits per heavy atom. The van der Waals surface area contributed by atoms with E-state index < -0.39 is 6.10 Å². The minimum Gasteiger partial charge on any atom is -0.389 e. The molecule has 0 aromatic carbocycles. The van der Waals surface area contributed by atoms with Gasteiger partial charge < -0.3 is 24.6 Å². The molecule has 5 heteroatoms. The molecule has 0 heterocycles. The lowest BCUT2D eigenvalue weighted by molar-refractivity contribution is -0.00862. The van der Waals surface area contributed by atoms with E-state index in [9.17, 15) is 5.11 Å². The van der Waals surface area contributed by atoms with Crippen LogP contribution in [-0.2, 0) is 14.2 Å². The highest BCUT2D eigenvalue weighted by Crippen LogP contribution is 2.07. The maximum Gasteiger partial charge on any atom is 0.0897 e. The maximum absolute atomic E-state index is 9.77. The number of aliphatic hydroxyl groups is 1. The number of ether oxygens (including phenoxy) is 3. The number of nitrogens with one attached hydrogen (secondary N) is 1. The van der Waals surface area contributed by atoms with Gasteiger partial charge in [0, 0.05) is 20.3 Å². The number of aliphatic hydroxyl groups excluding tert-OH is 1. The Bertz CT molecular complexity index is 202. The minimum atomic E-state index is -0.445. The van der Waals surface area contributed by atoms with Crippen LogP contribution in [0.5, 0.6) is 0 Å². The molecular weight excluding hydrogens is 258 g/mol. The standard InChI is InChI=1S/C15H33NO4/c1-13(2)10-14(3)20-12-15(17)11-16-6-5-7-19-9-8-18-4/h13-17H,5-12H2,1-4H3. The summed E-state index contributed by atoms with van der Waals surface area (Å²) in [6.45, 7) is 10.2. The molecule has 0 aliphatic rings. The van der Waals surface area contributed by atoms with Crippen molar-refractivity contribution in [3.8, 4) is 0 Å². The first-order valence-corrected chi connectivity index (χ1v) is 7.63. The summed E-state index contributed by atoms with van der Waals surface area (Å²) in [5, 5.41) is 13.0. The Morgan fingerprint density at radius 1 is 1.10 bits per heavy atom. The third-order valence-electron chi connectivity index (χ3n) is 2.83. The molecule has 122 valence electrons. The molecule has 0 rings (SSSR count). The van der Waals surface area contributed by atoms with Gasteiger partial charge in [0.05, 0.1) is 32.0 Å². The second kappa shape index (κ2) is 13.8. The van der Waals surface area contributed by atoms with Crippen molar-refractivity contribution in [1.29, 1.82) is 0 Å². The number of rotatable bonds is 14. The smallest absolute Gasteiger partial charge is 0.0897 e. The Labute approximate surface area is 124 Å². The van der Waals surface area contributed by atoms with Crippen molar-refractivity contribution in [2.24, 2.45) is 5.92 Å². The maximum atomic E-state index is 9.77. The minimum absolute atomic E-state index is 0.207. The molecule has 2 atom stereocenters. The van der Waals surface area contributed by atoms with Crippen LogP contribution in [0.4, 0.5) is 0 Å². The summed E-state index contributed by atoms with van der Waals surface area (Å²) in [6, 6.07) is 0. The lowest BCUT2D eigenvalue weighted by atomic mass is 10.1. The van der Waals surface area contributed by atoms with Gasteiger partial charge in [-0.15, -0.1) is 0 Å². The third kappa shape index (κ3) is 14.2. The Hall–Kier alpha value is -0.200. The van der Waals surface area contributed by atoms with Crippen LogP contribution in [-0.4, -0.2) is 63.9 Å². The van der Waals surface area contributed by atoms with E-state index in [-0.39, 0.29) is 6.10 Å². The van der Waals surface area contributed by atoms with E-state index >= 15 is 0 Å². The Balaban J connectivity index is 3.30. The molecule has 0 saturated carbocycles. The monoisotopic (exact) mass is 291 g/mol. The van der Waals surface area contributed by atoms with Crippen LogP contribution in [0.3, 0.4) is 0 Å². The molecule has 20 heavy (non-hydrogen) atoms. The first-order valence-electron chi connectivity index (χ1n) is 7.63. The highest BCUT2D eigenvalue weighted by Gasteiger charge is 2.09. The molecule has 2 N–H and O–H groups in total. The topological polar surface area (TPSA) is 60.0 Å². The molecule has 0 aliphatic heterocycles. The second-order valence-electron chi connectivity index (χ2n) is 5.59. The molecule has 2 unspecified atom stereocenters. The number of hydrogen-bond acceptors (Lipinski definition) is 5. The predicted molar refractivity (Wildman–Crippen MR) is 81.1 cm³/mol. The van der Waals surface area contributed by atoms with Crippen LogP contribution < -0.4 is 5.32 Å². The first kappa shape index (κ1) is 19.8. The fraction of sp³-hybridized carbons (Fsp3) is 1.00. The molecule has 5 nitrogen and oxygen atoms in total. The fourth-order valence-electron chi connectivity index (χ4n) is 1.88. The predicted octanol–water partition coefficient (Wildman–Crippen LogP) is 1.44.